The molecule has 0 aliphatic rings. The van der Waals surface area contributed by atoms with Gasteiger partial charge < -0.3 is 14.2 Å². The van der Waals surface area contributed by atoms with E-state index >= 15 is 0 Å². The summed E-state index contributed by atoms with van der Waals surface area (Å²) in [6.07, 6.45) is 84.3. The number of hydrogen-bond donors (Lipinski definition) is 0. The van der Waals surface area contributed by atoms with E-state index in [4.69, 9.17) is 14.2 Å². The highest BCUT2D eigenvalue weighted by Crippen LogP contribution is 2.16. The summed E-state index contributed by atoms with van der Waals surface area (Å²) in [7, 11) is 0. The molecule has 0 aromatic carbocycles. The summed E-state index contributed by atoms with van der Waals surface area (Å²) in [4.78, 5) is 38.1. The third-order valence-corrected chi connectivity index (χ3v) is 13.6. The number of unbranched alkanes of at least 4 members (excludes halogenated alkanes) is 30. The molecule has 0 heterocycles. The quantitative estimate of drug-likeness (QED) is 0.0261. The minimum Gasteiger partial charge on any atom is -0.462 e. The van der Waals surface area contributed by atoms with Crippen LogP contribution in [0.3, 0.4) is 0 Å². The van der Waals surface area contributed by atoms with Crippen molar-refractivity contribution in [1.82, 2.24) is 0 Å². The fraction of sp³-hybridized carbons (Fsp3) is 0.725. The lowest BCUT2D eigenvalue weighted by atomic mass is 10.0. The lowest BCUT2D eigenvalue weighted by Crippen LogP contribution is -2.30. The third-order valence-electron chi connectivity index (χ3n) is 13.6. The van der Waals surface area contributed by atoms with Gasteiger partial charge in [-0.3, -0.25) is 14.4 Å². The normalized spacial score (nSPS) is 12.7. The van der Waals surface area contributed by atoms with Gasteiger partial charge in [-0.25, -0.2) is 0 Å². The Morgan fingerprint density at radius 2 is 0.520 bits per heavy atom. The molecule has 430 valence electrons. The summed E-state index contributed by atoms with van der Waals surface area (Å²) in [6, 6.07) is 0. The molecule has 6 heteroatoms. The molecule has 75 heavy (non-hydrogen) atoms. The molecular weight excluding hydrogens is 925 g/mol. The Labute approximate surface area is 464 Å². The lowest BCUT2D eigenvalue weighted by molar-refractivity contribution is -0.167. The van der Waals surface area contributed by atoms with Gasteiger partial charge in [0.1, 0.15) is 13.2 Å². The van der Waals surface area contributed by atoms with Gasteiger partial charge in [0.2, 0.25) is 0 Å². The smallest absolute Gasteiger partial charge is 0.306 e. The molecule has 6 nitrogen and oxygen atoms in total. The van der Waals surface area contributed by atoms with Crippen molar-refractivity contribution < 1.29 is 28.6 Å². The first-order valence-electron chi connectivity index (χ1n) is 31.7. The monoisotopic (exact) mass is 1040 g/mol. The van der Waals surface area contributed by atoms with Crippen LogP contribution < -0.4 is 0 Å². The highest BCUT2D eigenvalue weighted by atomic mass is 16.6. The maximum atomic E-state index is 12.9. The fourth-order valence-electron chi connectivity index (χ4n) is 8.83. The van der Waals surface area contributed by atoms with Gasteiger partial charge >= 0.3 is 17.9 Å². The summed E-state index contributed by atoms with van der Waals surface area (Å²) in [5.41, 5.74) is 0. The first-order valence-corrected chi connectivity index (χ1v) is 31.7. The summed E-state index contributed by atoms with van der Waals surface area (Å²) in [5.74, 6) is -0.896. The highest BCUT2D eigenvalue weighted by Gasteiger charge is 2.19. The van der Waals surface area contributed by atoms with Crippen LogP contribution in [-0.2, 0) is 28.6 Å². The molecule has 0 aromatic rings. The van der Waals surface area contributed by atoms with E-state index in [0.29, 0.717) is 19.3 Å². The average Bonchev–Trinajstić information content (AvgIpc) is 3.41. The molecule has 0 aliphatic heterocycles. The minimum absolute atomic E-state index is 0.0812. The SMILES string of the molecule is CC/C=C\C/C=C\C/C=C\C/C=C\C/C=C\C/C=C\CCCCCCCCC(=O)OCC(COC(=O)CCCCCCCCC)OC(=O)CCCCCCCCCCCCCCC/C=C\C/C=C\CCCCCCC. The van der Waals surface area contributed by atoms with E-state index in [9.17, 15) is 14.4 Å². The maximum Gasteiger partial charge on any atom is 0.306 e. The summed E-state index contributed by atoms with van der Waals surface area (Å²) >= 11 is 0. The molecule has 0 aliphatic carbocycles. The van der Waals surface area contributed by atoms with E-state index in [1.807, 2.05) is 0 Å². The van der Waals surface area contributed by atoms with Crippen molar-refractivity contribution in [3.8, 4) is 0 Å². The fourth-order valence-corrected chi connectivity index (χ4v) is 8.83. The number of rotatable bonds is 57. The van der Waals surface area contributed by atoms with E-state index in [1.165, 1.54) is 148 Å². The Balaban J connectivity index is 4.18. The van der Waals surface area contributed by atoms with Crippen molar-refractivity contribution in [3.05, 3.63) is 97.2 Å². The van der Waals surface area contributed by atoms with Gasteiger partial charge in [-0.15, -0.1) is 0 Å². The van der Waals surface area contributed by atoms with Crippen LogP contribution in [0.5, 0.6) is 0 Å². The van der Waals surface area contributed by atoms with Gasteiger partial charge in [0.15, 0.2) is 6.10 Å². The molecule has 0 aromatic heterocycles. The van der Waals surface area contributed by atoms with Crippen LogP contribution in [0.25, 0.3) is 0 Å². The molecule has 0 fully saturated rings. The van der Waals surface area contributed by atoms with Gasteiger partial charge in [0.25, 0.3) is 0 Å². The van der Waals surface area contributed by atoms with Crippen molar-refractivity contribution in [2.24, 2.45) is 0 Å². The lowest BCUT2D eigenvalue weighted by Gasteiger charge is -2.18. The zero-order chi connectivity index (χ0) is 54.3. The molecule has 0 bridgehead atoms. The second-order valence-corrected chi connectivity index (χ2v) is 20.9. The van der Waals surface area contributed by atoms with Crippen LogP contribution >= 0.6 is 0 Å². The standard InChI is InChI=1S/C69H118O6/c1-4-7-10-13-16-18-20-22-24-26-28-30-32-34-36-38-40-42-44-46-48-50-53-56-59-62-68(71)74-65-66(64-73-67(70)61-58-55-52-15-12-9-6-3)75-69(72)63-60-57-54-51-49-47-45-43-41-39-37-35-33-31-29-27-25-23-21-19-17-14-11-8-5-2/h7,10,16,18,21-24,27-30,34,36,40,42,66H,4-6,8-9,11-15,17,19-20,25-26,31-33,35,37-39,41,43-65H2,1-3H3/b10-7-,18-16-,23-21-,24-22-,29-27-,30-28-,36-34-,42-40-. The molecule has 0 amide bonds. The Hall–Kier alpha value is -3.67. The van der Waals surface area contributed by atoms with Crippen molar-refractivity contribution in [2.45, 2.75) is 309 Å². The Morgan fingerprint density at radius 3 is 0.813 bits per heavy atom. The van der Waals surface area contributed by atoms with Crippen molar-refractivity contribution in [3.63, 3.8) is 0 Å². The molecule has 0 saturated heterocycles. The molecule has 0 radical (unpaired) electrons. The third kappa shape index (κ3) is 61.1. The summed E-state index contributed by atoms with van der Waals surface area (Å²) in [6.45, 7) is 6.48. The number of allylic oxidation sites excluding steroid dienone is 16. The van der Waals surface area contributed by atoms with Gasteiger partial charge in [0, 0.05) is 19.3 Å². The number of carbonyl (C=O) groups excluding carboxylic acids is 3. The predicted octanol–water partition coefficient (Wildman–Crippen LogP) is 21.7. The zero-order valence-corrected chi connectivity index (χ0v) is 49.3. The Kier molecular flexibility index (Phi) is 59.8. The number of ether oxygens (including phenoxy) is 3. The number of esters is 3. The first kappa shape index (κ1) is 71.3. The van der Waals surface area contributed by atoms with Crippen LogP contribution in [0.15, 0.2) is 97.2 Å². The zero-order valence-electron chi connectivity index (χ0n) is 49.3. The molecule has 0 N–H and O–H groups in total. The van der Waals surface area contributed by atoms with Crippen LogP contribution in [-0.4, -0.2) is 37.2 Å². The Bertz CT molecular complexity index is 1480. The largest absolute Gasteiger partial charge is 0.462 e. The van der Waals surface area contributed by atoms with Crippen molar-refractivity contribution >= 4 is 17.9 Å². The van der Waals surface area contributed by atoms with E-state index in [2.05, 4.69) is 118 Å². The number of carbonyl (C=O) groups is 3. The second-order valence-electron chi connectivity index (χ2n) is 20.9. The van der Waals surface area contributed by atoms with Crippen LogP contribution in [0, 0.1) is 0 Å². The predicted molar refractivity (Wildman–Crippen MR) is 325 cm³/mol. The van der Waals surface area contributed by atoms with Crippen LogP contribution in [0.2, 0.25) is 0 Å². The highest BCUT2D eigenvalue weighted by molar-refractivity contribution is 5.71. The average molecular weight is 1040 g/mol. The van der Waals surface area contributed by atoms with Gasteiger partial charge in [-0.2, -0.15) is 0 Å². The maximum absolute atomic E-state index is 12.9. The van der Waals surface area contributed by atoms with E-state index in [-0.39, 0.29) is 31.1 Å². The van der Waals surface area contributed by atoms with E-state index < -0.39 is 6.10 Å². The van der Waals surface area contributed by atoms with Crippen LogP contribution in [0.1, 0.15) is 303 Å². The molecule has 1 atom stereocenters. The van der Waals surface area contributed by atoms with Crippen LogP contribution in [0.4, 0.5) is 0 Å². The van der Waals surface area contributed by atoms with Crippen molar-refractivity contribution in [2.75, 3.05) is 13.2 Å². The van der Waals surface area contributed by atoms with Crippen molar-refractivity contribution in [1.29, 1.82) is 0 Å². The molecule has 1 unspecified atom stereocenters. The van der Waals surface area contributed by atoms with Gasteiger partial charge in [-0.05, 0) is 103 Å². The number of hydrogen-bond acceptors (Lipinski definition) is 6. The molecule has 0 spiro atoms. The second kappa shape index (κ2) is 62.9. The summed E-state index contributed by atoms with van der Waals surface area (Å²) < 4.78 is 16.8. The molecular formula is C69H118O6. The topological polar surface area (TPSA) is 78.9 Å². The van der Waals surface area contributed by atoms with E-state index in [0.717, 1.165) is 116 Å². The Morgan fingerprint density at radius 1 is 0.280 bits per heavy atom. The summed E-state index contributed by atoms with van der Waals surface area (Å²) in [5, 5.41) is 0. The van der Waals surface area contributed by atoms with Gasteiger partial charge in [0.05, 0.1) is 0 Å². The first-order chi connectivity index (χ1) is 37.0. The van der Waals surface area contributed by atoms with E-state index in [1.54, 1.807) is 0 Å². The van der Waals surface area contributed by atoms with Gasteiger partial charge in [-0.1, -0.05) is 279 Å². The minimum atomic E-state index is -0.783. The molecule has 0 rings (SSSR count). The molecule has 0 saturated carbocycles.